The molecule has 3 aromatic rings. The Morgan fingerprint density at radius 2 is 1.75 bits per heavy atom. The first kappa shape index (κ1) is 21.4. The van der Waals surface area contributed by atoms with E-state index in [1.165, 1.54) is 31.3 Å². The number of carbonyl (C=O) groups excluding carboxylic acids is 2. The number of carbonyl (C=O) groups is 2. The summed E-state index contributed by atoms with van der Waals surface area (Å²) < 4.78 is 24.0. The van der Waals surface area contributed by atoms with Crippen molar-refractivity contribution in [1.82, 2.24) is 10.2 Å². The van der Waals surface area contributed by atoms with Gasteiger partial charge in [0.2, 0.25) is 5.13 Å². The van der Waals surface area contributed by atoms with Gasteiger partial charge in [-0.2, -0.15) is 0 Å². The predicted octanol–water partition coefficient (Wildman–Crippen LogP) is 3.63. The zero-order chi connectivity index (χ0) is 23.0. The van der Waals surface area contributed by atoms with Crippen LogP contribution >= 0.6 is 11.3 Å². The number of aliphatic hydroxyl groups is 1. The van der Waals surface area contributed by atoms with E-state index < -0.39 is 29.3 Å². The SMILES string of the molecule is COc1ccc(C2C(=C(O)c3ccc(F)cc3)C(=O)C(=O)N2c2nnc(C)s2)cc1OC. The Balaban J connectivity index is 1.95. The van der Waals surface area contributed by atoms with Crippen molar-refractivity contribution in [2.75, 3.05) is 19.1 Å². The lowest BCUT2D eigenvalue weighted by molar-refractivity contribution is -0.132. The number of aryl methyl sites for hydroxylation is 1. The Bertz CT molecular complexity index is 1240. The van der Waals surface area contributed by atoms with E-state index >= 15 is 0 Å². The largest absolute Gasteiger partial charge is 0.507 e. The molecule has 4 rings (SSSR count). The minimum Gasteiger partial charge on any atom is -0.507 e. The molecule has 1 aliphatic rings. The van der Waals surface area contributed by atoms with Gasteiger partial charge < -0.3 is 14.6 Å². The number of aromatic nitrogens is 2. The van der Waals surface area contributed by atoms with Crippen LogP contribution in [0, 0.1) is 12.7 Å². The highest BCUT2D eigenvalue weighted by atomic mass is 32.1. The first-order valence-electron chi connectivity index (χ1n) is 9.44. The van der Waals surface area contributed by atoms with Crippen LogP contribution in [-0.2, 0) is 9.59 Å². The van der Waals surface area contributed by atoms with Crippen LogP contribution in [0.2, 0.25) is 0 Å². The number of aliphatic hydroxyl groups excluding tert-OH is 1. The third-order valence-electron chi connectivity index (χ3n) is 5.01. The molecule has 0 radical (unpaired) electrons. The lowest BCUT2D eigenvalue weighted by Gasteiger charge is -2.23. The summed E-state index contributed by atoms with van der Waals surface area (Å²) >= 11 is 1.14. The van der Waals surface area contributed by atoms with Gasteiger partial charge in [-0.25, -0.2) is 4.39 Å². The Morgan fingerprint density at radius 3 is 2.34 bits per heavy atom. The third-order valence-corrected chi connectivity index (χ3v) is 5.84. The fourth-order valence-corrected chi connectivity index (χ4v) is 4.23. The Labute approximate surface area is 186 Å². The number of amides is 1. The van der Waals surface area contributed by atoms with Crippen LogP contribution in [0.25, 0.3) is 5.76 Å². The number of ketones is 1. The van der Waals surface area contributed by atoms with Crippen molar-refractivity contribution in [2.24, 2.45) is 0 Å². The highest BCUT2D eigenvalue weighted by molar-refractivity contribution is 7.15. The first-order chi connectivity index (χ1) is 15.3. The molecule has 1 aliphatic heterocycles. The van der Waals surface area contributed by atoms with Gasteiger partial charge in [-0.1, -0.05) is 17.4 Å². The molecule has 8 nitrogen and oxygen atoms in total. The van der Waals surface area contributed by atoms with E-state index in [4.69, 9.17) is 9.47 Å². The van der Waals surface area contributed by atoms with Crippen molar-refractivity contribution in [2.45, 2.75) is 13.0 Å². The van der Waals surface area contributed by atoms with Crippen molar-refractivity contribution >= 4 is 33.9 Å². The summed E-state index contributed by atoms with van der Waals surface area (Å²) in [5.41, 5.74) is 0.531. The molecule has 164 valence electrons. The van der Waals surface area contributed by atoms with Gasteiger partial charge in [-0.3, -0.25) is 14.5 Å². The van der Waals surface area contributed by atoms with Gasteiger partial charge in [-0.05, 0) is 48.9 Å². The van der Waals surface area contributed by atoms with E-state index in [9.17, 15) is 19.1 Å². The van der Waals surface area contributed by atoms with Crippen molar-refractivity contribution in [3.05, 3.63) is 70.0 Å². The molecule has 1 atom stereocenters. The second-order valence-corrected chi connectivity index (χ2v) is 8.05. The zero-order valence-electron chi connectivity index (χ0n) is 17.3. The maximum absolute atomic E-state index is 13.4. The summed E-state index contributed by atoms with van der Waals surface area (Å²) in [4.78, 5) is 27.3. The molecule has 0 bridgehead atoms. The van der Waals surface area contributed by atoms with Crippen LogP contribution in [0.15, 0.2) is 48.0 Å². The van der Waals surface area contributed by atoms with E-state index in [-0.39, 0.29) is 16.3 Å². The van der Waals surface area contributed by atoms with Crippen molar-refractivity contribution in [3.63, 3.8) is 0 Å². The summed E-state index contributed by atoms with van der Waals surface area (Å²) in [5, 5.41) is 19.8. The molecule has 10 heteroatoms. The molecule has 1 fully saturated rings. The molecule has 32 heavy (non-hydrogen) atoms. The van der Waals surface area contributed by atoms with Gasteiger partial charge in [0, 0.05) is 5.56 Å². The van der Waals surface area contributed by atoms with Crippen molar-refractivity contribution < 1.29 is 28.6 Å². The number of ether oxygens (including phenoxy) is 2. The van der Waals surface area contributed by atoms with Crippen LogP contribution in [0.4, 0.5) is 9.52 Å². The molecular formula is C22H18FN3O5S. The fourth-order valence-electron chi connectivity index (χ4n) is 3.51. The molecule has 2 heterocycles. The lowest BCUT2D eigenvalue weighted by atomic mass is 9.95. The van der Waals surface area contributed by atoms with E-state index in [1.54, 1.807) is 25.1 Å². The fraction of sp³-hybridized carbons (Fsp3) is 0.182. The predicted molar refractivity (Wildman–Crippen MR) is 115 cm³/mol. The molecule has 0 spiro atoms. The molecule has 1 aromatic heterocycles. The van der Waals surface area contributed by atoms with E-state index in [0.717, 1.165) is 23.5 Å². The molecule has 1 N–H and O–H groups in total. The Kier molecular flexibility index (Phi) is 5.62. The maximum Gasteiger partial charge on any atom is 0.301 e. The maximum atomic E-state index is 13.4. The van der Waals surface area contributed by atoms with E-state index in [0.29, 0.717) is 22.1 Å². The monoisotopic (exact) mass is 455 g/mol. The minimum absolute atomic E-state index is 0.151. The number of hydrogen-bond acceptors (Lipinski definition) is 8. The quantitative estimate of drug-likeness (QED) is 0.356. The standard InChI is InChI=1S/C22H18FN3O5S/c1-11-24-25-22(32-11)26-18(13-6-9-15(30-2)16(10-13)31-3)17(20(28)21(26)29)19(27)12-4-7-14(23)8-5-12/h4-10,18,27H,1-3H3. The average molecular weight is 455 g/mol. The number of benzene rings is 2. The van der Waals surface area contributed by atoms with Gasteiger partial charge in [0.25, 0.3) is 5.78 Å². The van der Waals surface area contributed by atoms with Crippen LogP contribution < -0.4 is 14.4 Å². The topological polar surface area (TPSA) is 102 Å². The third kappa shape index (κ3) is 3.58. The number of methoxy groups -OCH3 is 2. The smallest absolute Gasteiger partial charge is 0.301 e. The zero-order valence-corrected chi connectivity index (χ0v) is 18.1. The van der Waals surface area contributed by atoms with Crippen molar-refractivity contribution in [3.8, 4) is 11.5 Å². The normalized spacial score (nSPS) is 17.6. The number of Topliss-reactive ketones (excluding diaryl/α,β-unsaturated/α-hetero) is 1. The molecule has 1 unspecified atom stereocenters. The molecule has 1 saturated heterocycles. The molecule has 0 aliphatic carbocycles. The van der Waals surface area contributed by atoms with Crippen LogP contribution in [0.5, 0.6) is 11.5 Å². The van der Waals surface area contributed by atoms with Gasteiger partial charge in [0.05, 0.1) is 25.8 Å². The molecule has 0 saturated carbocycles. The van der Waals surface area contributed by atoms with Gasteiger partial charge in [-0.15, -0.1) is 10.2 Å². The van der Waals surface area contributed by atoms with E-state index in [2.05, 4.69) is 10.2 Å². The number of hydrogen-bond donors (Lipinski definition) is 1. The first-order valence-corrected chi connectivity index (χ1v) is 10.3. The molecule has 1 amide bonds. The van der Waals surface area contributed by atoms with Crippen LogP contribution in [0.3, 0.4) is 0 Å². The number of halogens is 1. The van der Waals surface area contributed by atoms with Gasteiger partial charge in [0.1, 0.15) is 16.6 Å². The Hall–Kier alpha value is -3.79. The average Bonchev–Trinajstić information content (AvgIpc) is 3.34. The summed E-state index contributed by atoms with van der Waals surface area (Å²) in [6.45, 7) is 1.72. The second kappa shape index (κ2) is 8.39. The minimum atomic E-state index is -1.01. The summed E-state index contributed by atoms with van der Waals surface area (Å²) in [7, 11) is 2.95. The van der Waals surface area contributed by atoms with Gasteiger partial charge in [0.15, 0.2) is 11.5 Å². The summed E-state index contributed by atoms with van der Waals surface area (Å²) in [6.07, 6.45) is 0. The lowest BCUT2D eigenvalue weighted by Crippen LogP contribution is -2.29. The Morgan fingerprint density at radius 1 is 1.06 bits per heavy atom. The highest BCUT2D eigenvalue weighted by Gasteiger charge is 2.48. The number of rotatable bonds is 5. The van der Waals surface area contributed by atoms with E-state index in [1.807, 2.05) is 0 Å². The van der Waals surface area contributed by atoms with Gasteiger partial charge >= 0.3 is 5.91 Å². The van der Waals surface area contributed by atoms with Crippen LogP contribution in [-0.4, -0.2) is 41.2 Å². The second-order valence-electron chi connectivity index (χ2n) is 6.89. The molecule has 2 aromatic carbocycles. The molecular weight excluding hydrogens is 437 g/mol. The number of anilines is 1. The highest BCUT2D eigenvalue weighted by Crippen LogP contribution is 2.44. The summed E-state index contributed by atoms with van der Waals surface area (Å²) in [5.74, 6) is -1.83. The van der Waals surface area contributed by atoms with Crippen molar-refractivity contribution in [1.29, 1.82) is 0 Å². The number of nitrogens with zero attached hydrogens (tertiary/aromatic N) is 3. The summed E-state index contributed by atoms with van der Waals surface area (Å²) in [6, 6.07) is 8.89. The van der Waals surface area contributed by atoms with Crippen LogP contribution in [0.1, 0.15) is 22.2 Å².